The lowest BCUT2D eigenvalue weighted by atomic mass is 10.1. The molecule has 20 heavy (non-hydrogen) atoms. The van der Waals surface area contributed by atoms with Crippen molar-refractivity contribution in [2.75, 3.05) is 0 Å². The van der Waals surface area contributed by atoms with E-state index in [4.69, 9.17) is 23.8 Å². The number of aromatic nitrogens is 3. The van der Waals surface area contributed by atoms with Gasteiger partial charge < -0.3 is 4.98 Å². The molecular formula is C15H14ClN3S. The zero-order chi connectivity index (χ0) is 14.3. The molecule has 102 valence electrons. The fraction of sp³-hybridized carbons (Fsp3) is 0.200. The molecule has 0 aliphatic rings. The predicted octanol–water partition coefficient (Wildman–Crippen LogP) is 4.67. The Morgan fingerprint density at radius 2 is 2.05 bits per heavy atom. The minimum absolute atomic E-state index is 0.0271. The number of aromatic amines is 1. The first-order chi connectivity index (χ1) is 9.59. The predicted molar refractivity (Wildman–Crippen MR) is 84.9 cm³/mol. The number of fused-ring (bicyclic) bond motifs is 1. The molecule has 3 nitrogen and oxygen atoms in total. The van der Waals surface area contributed by atoms with Gasteiger partial charge in [-0.1, -0.05) is 29.8 Å². The van der Waals surface area contributed by atoms with Crippen LogP contribution in [0.25, 0.3) is 11.2 Å². The topological polar surface area (TPSA) is 33.6 Å². The van der Waals surface area contributed by atoms with Gasteiger partial charge in [0.1, 0.15) is 0 Å². The van der Waals surface area contributed by atoms with E-state index in [-0.39, 0.29) is 6.04 Å². The number of imidazole rings is 1. The lowest BCUT2D eigenvalue weighted by molar-refractivity contribution is 0.644. The molecule has 0 aliphatic heterocycles. The number of nitrogens with one attached hydrogen (secondary N) is 1. The molecule has 3 aromatic rings. The average Bonchev–Trinajstić information content (AvgIpc) is 2.76. The summed E-state index contributed by atoms with van der Waals surface area (Å²) in [5.74, 6) is 0. The van der Waals surface area contributed by atoms with Gasteiger partial charge in [-0.3, -0.25) is 4.57 Å². The fourth-order valence-electron chi connectivity index (χ4n) is 2.46. The van der Waals surface area contributed by atoms with Crippen LogP contribution in [-0.4, -0.2) is 14.5 Å². The van der Waals surface area contributed by atoms with Crippen LogP contribution in [-0.2, 0) is 0 Å². The van der Waals surface area contributed by atoms with E-state index in [2.05, 4.69) is 16.9 Å². The van der Waals surface area contributed by atoms with E-state index in [1.165, 1.54) is 0 Å². The van der Waals surface area contributed by atoms with Crippen molar-refractivity contribution >= 4 is 35.0 Å². The highest BCUT2D eigenvalue weighted by Gasteiger charge is 2.16. The van der Waals surface area contributed by atoms with E-state index < -0.39 is 0 Å². The molecular weight excluding hydrogens is 290 g/mol. The Hall–Kier alpha value is -1.65. The molecule has 0 spiro atoms. The number of aryl methyl sites for hydroxylation is 1. The molecule has 0 fully saturated rings. The maximum Gasteiger partial charge on any atom is 0.179 e. The van der Waals surface area contributed by atoms with Crippen LogP contribution in [0.4, 0.5) is 0 Å². The van der Waals surface area contributed by atoms with E-state index in [0.717, 1.165) is 27.3 Å². The second kappa shape index (κ2) is 5.04. The summed E-state index contributed by atoms with van der Waals surface area (Å²) in [5.41, 5.74) is 4.01. The van der Waals surface area contributed by atoms with Crippen molar-refractivity contribution in [1.82, 2.24) is 14.5 Å². The molecule has 2 aromatic heterocycles. The van der Waals surface area contributed by atoms with Crippen molar-refractivity contribution in [2.45, 2.75) is 19.9 Å². The first-order valence-corrected chi connectivity index (χ1v) is 7.18. The largest absolute Gasteiger partial charge is 0.329 e. The average molecular weight is 304 g/mol. The summed E-state index contributed by atoms with van der Waals surface area (Å²) < 4.78 is 2.67. The van der Waals surface area contributed by atoms with Crippen molar-refractivity contribution in [1.29, 1.82) is 0 Å². The lowest BCUT2D eigenvalue weighted by Crippen LogP contribution is -2.08. The molecule has 5 heteroatoms. The number of benzene rings is 1. The zero-order valence-electron chi connectivity index (χ0n) is 11.2. The number of rotatable bonds is 2. The van der Waals surface area contributed by atoms with E-state index in [9.17, 15) is 0 Å². The van der Waals surface area contributed by atoms with Crippen LogP contribution < -0.4 is 0 Å². The molecule has 0 aliphatic carbocycles. The van der Waals surface area contributed by atoms with Gasteiger partial charge in [0.15, 0.2) is 10.4 Å². The highest BCUT2D eigenvalue weighted by atomic mass is 35.5. The fourth-order valence-corrected chi connectivity index (χ4v) is 3.10. The molecule has 0 radical (unpaired) electrons. The number of hydrogen-bond acceptors (Lipinski definition) is 2. The third-order valence-corrected chi connectivity index (χ3v) is 4.20. The molecule has 1 N–H and O–H groups in total. The Kier molecular flexibility index (Phi) is 3.36. The molecule has 1 aromatic carbocycles. The minimum Gasteiger partial charge on any atom is -0.329 e. The van der Waals surface area contributed by atoms with Crippen molar-refractivity contribution < 1.29 is 0 Å². The normalized spacial score (nSPS) is 12.8. The Labute approximate surface area is 127 Å². The highest BCUT2D eigenvalue weighted by molar-refractivity contribution is 7.71. The SMILES string of the molecule is Cc1ccnc2c1[nH]c(=S)n2C(C)c1ccccc1Cl. The minimum atomic E-state index is 0.0271. The lowest BCUT2D eigenvalue weighted by Gasteiger charge is -2.16. The Balaban J connectivity index is 2.25. The van der Waals surface area contributed by atoms with Gasteiger partial charge in [0.25, 0.3) is 0 Å². The molecule has 0 amide bonds. The summed E-state index contributed by atoms with van der Waals surface area (Å²) in [6, 6.07) is 9.82. The van der Waals surface area contributed by atoms with Crippen LogP contribution >= 0.6 is 23.8 Å². The van der Waals surface area contributed by atoms with Crippen LogP contribution in [0.2, 0.25) is 5.02 Å². The second-order valence-corrected chi connectivity index (χ2v) is 5.62. The number of nitrogens with zero attached hydrogens (tertiary/aromatic N) is 2. The molecule has 1 unspecified atom stereocenters. The first kappa shape index (κ1) is 13.3. The van der Waals surface area contributed by atoms with E-state index in [0.29, 0.717) is 4.77 Å². The number of halogens is 1. The van der Waals surface area contributed by atoms with Crippen molar-refractivity contribution in [3.05, 3.63) is 57.4 Å². The van der Waals surface area contributed by atoms with E-state index >= 15 is 0 Å². The zero-order valence-corrected chi connectivity index (χ0v) is 12.8. The second-order valence-electron chi connectivity index (χ2n) is 4.82. The van der Waals surface area contributed by atoms with Gasteiger partial charge in [0.2, 0.25) is 0 Å². The molecule has 0 bridgehead atoms. The van der Waals surface area contributed by atoms with Gasteiger partial charge >= 0.3 is 0 Å². The number of H-pyrrole nitrogens is 1. The monoisotopic (exact) mass is 303 g/mol. The molecule has 0 saturated carbocycles. The maximum atomic E-state index is 6.29. The van der Waals surface area contributed by atoms with E-state index in [1.807, 2.05) is 41.8 Å². The molecule has 0 saturated heterocycles. The third kappa shape index (κ3) is 2.05. The Bertz CT molecular complexity index is 834. The summed E-state index contributed by atoms with van der Waals surface area (Å²) in [6.07, 6.45) is 1.80. The summed E-state index contributed by atoms with van der Waals surface area (Å²) in [4.78, 5) is 7.70. The van der Waals surface area contributed by atoms with Gasteiger partial charge in [-0.05, 0) is 49.3 Å². The number of pyridine rings is 1. The Morgan fingerprint density at radius 1 is 1.30 bits per heavy atom. The van der Waals surface area contributed by atoms with Crippen molar-refractivity contribution in [3.63, 3.8) is 0 Å². The first-order valence-electron chi connectivity index (χ1n) is 6.40. The van der Waals surface area contributed by atoms with Crippen LogP contribution in [0, 0.1) is 11.7 Å². The van der Waals surface area contributed by atoms with Crippen LogP contribution in [0.15, 0.2) is 36.5 Å². The third-order valence-electron chi connectivity index (χ3n) is 3.56. The summed E-state index contributed by atoms with van der Waals surface area (Å²) in [6.45, 7) is 4.12. The molecule has 2 heterocycles. The summed E-state index contributed by atoms with van der Waals surface area (Å²) in [5, 5.41) is 0.740. The van der Waals surface area contributed by atoms with Gasteiger partial charge in [0.05, 0.1) is 11.6 Å². The smallest absolute Gasteiger partial charge is 0.179 e. The summed E-state index contributed by atoms with van der Waals surface area (Å²) in [7, 11) is 0. The van der Waals surface area contributed by atoms with Gasteiger partial charge in [-0.25, -0.2) is 4.98 Å². The van der Waals surface area contributed by atoms with E-state index in [1.54, 1.807) is 6.20 Å². The van der Waals surface area contributed by atoms with Gasteiger partial charge in [-0.2, -0.15) is 0 Å². The van der Waals surface area contributed by atoms with Gasteiger partial charge in [0, 0.05) is 11.2 Å². The van der Waals surface area contributed by atoms with Crippen molar-refractivity contribution in [2.24, 2.45) is 0 Å². The van der Waals surface area contributed by atoms with Crippen LogP contribution in [0.1, 0.15) is 24.1 Å². The standard InChI is InChI=1S/C15H14ClN3S/c1-9-7-8-17-14-13(9)18-15(20)19(14)10(2)11-5-3-4-6-12(11)16/h3-8,10H,1-2H3,(H,18,20). The Morgan fingerprint density at radius 3 is 2.80 bits per heavy atom. The maximum absolute atomic E-state index is 6.29. The highest BCUT2D eigenvalue weighted by Crippen LogP contribution is 2.28. The molecule has 3 rings (SSSR count). The quantitative estimate of drug-likeness (QED) is 0.698. The van der Waals surface area contributed by atoms with Crippen molar-refractivity contribution in [3.8, 4) is 0 Å². The van der Waals surface area contributed by atoms with Crippen LogP contribution in [0.5, 0.6) is 0 Å². The molecule has 1 atom stereocenters. The summed E-state index contributed by atoms with van der Waals surface area (Å²) >= 11 is 11.7. The van der Waals surface area contributed by atoms with Gasteiger partial charge in [-0.15, -0.1) is 0 Å². The number of hydrogen-bond donors (Lipinski definition) is 1. The van der Waals surface area contributed by atoms with Crippen LogP contribution in [0.3, 0.4) is 0 Å².